The van der Waals surface area contributed by atoms with Gasteiger partial charge in [0.15, 0.2) is 0 Å². The number of rotatable bonds is 8. The number of aliphatic imine (C=N–C) groups is 1. The summed E-state index contributed by atoms with van der Waals surface area (Å²) in [5.41, 5.74) is 10.8. The molecule has 3 N–H and O–H groups in total. The number of fused-ring (bicyclic) bond motifs is 1. The first-order valence-corrected chi connectivity index (χ1v) is 10.9. The van der Waals surface area contributed by atoms with E-state index in [9.17, 15) is 4.39 Å². The van der Waals surface area contributed by atoms with Crippen LogP contribution < -0.4 is 11.2 Å². The van der Waals surface area contributed by atoms with Crippen LogP contribution in [0.25, 0.3) is 0 Å². The Morgan fingerprint density at radius 3 is 3.04 bits per heavy atom. The summed E-state index contributed by atoms with van der Waals surface area (Å²) in [6.07, 6.45) is 7.26. The van der Waals surface area contributed by atoms with Crippen molar-refractivity contribution in [3.63, 3.8) is 0 Å². The van der Waals surface area contributed by atoms with E-state index in [1.807, 2.05) is 13.0 Å². The molecule has 2 rings (SSSR count). The van der Waals surface area contributed by atoms with Gasteiger partial charge in [-0.15, -0.1) is 0 Å². The van der Waals surface area contributed by atoms with Crippen LogP contribution in [-0.4, -0.2) is 79.4 Å². The van der Waals surface area contributed by atoms with Gasteiger partial charge in [-0.1, -0.05) is 0 Å². The molecule has 0 bridgehead atoms. The number of nitrogens with two attached hydrogens (primary N) is 1. The summed E-state index contributed by atoms with van der Waals surface area (Å²) in [5.74, 6) is 0.257. The van der Waals surface area contributed by atoms with Crippen LogP contribution >= 0.6 is 0 Å². The molecule has 1 unspecified atom stereocenters. The van der Waals surface area contributed by atoms with Crippen molar-refractivity contribution in [2.75, 3.05) is 31.4 Å². The van der Waals surface area contributed by atoms with Gasteiger partial charge in [0.1, 0.15) is 0 Å². The van der Waals surface area contributed by atoms with Gasteiger partial charge < -0.3 is 5.73 Å². The molecular weight excluding hydrogens is 516 g/mol. The van der Waals surface area contributed by atoms with Crippen LogP contribution in [-0.2, 0) is 4.74 Å². The van der Waals surface area contributed by atoms with Crippen molar-refractivity contribution >= 4 is 32.0 Å². The van der Waals surface area contributed by atoms with Crippen LogP contribution in [0.3, 0.4) is 0 Å². The van der Waals surface area contributed by atoms with Crippen molar-refractivity contribution in [2.45, 2.75) is 19.5 Å². The molecule has 0 saturated heterocycles. The minimum atomic E-state index is -0.336. The number of hydrogen-bond donors (Lipinski definition) is 2. The minimum absolute atomic E-state index is 0.314. The molecule has 6 nitrogen and oxygen atoms in total. The van der Waals surface area contributed by atoms with E-state index in [2.05, 4.69) is 22.4 Å². The molecule has 8 heteroatoms. The number of hydrogen-bond acceptors (Lipinski definition) is 6. The van der Waals surface area contributed by atoms with Gasteiger partial charge >= 0.3 is 147 Å². The first-order valence-electron chi connectivity index (χ1n) is 8.17. The fourth-order valence-electron chi connectivity index (χ4n) is 2.54. The molecule has 0 aliphatic carbocycles. The number of halogens is 1. The second-order valence-corrected chi connectivity index (χ2v) is 7.20. The second-order valence-electron chi connectivity index (χ2n) is 5.97. The Hall–Kier alpha value is -1.04. The molecule has 0 fully saturated rings. The summed E-state index contributed by atoms with van der Waals surface area (Å²) in [6, 6.07) is 0. The van der Waals surface area contributed by atoms with Crippen LogP contribution in [0.15, 0.2) is 51.8 Å². The first kappa shape index (κ1) is 20.3. The van der Waals surface area contributed by atoms with Crippen molar-refractivity contribution in [1.29, 1.82) is 0 Å². The topological polar surface area (TPSA) is 66.1 Å². The second kappa shape index (κ2) is 9.60. The van der Waals surface area contributed by atoms with Gasteiger partial charge in [-0.05, 0) is 0 Å². The fraction of sp³-hybridized carbons (Fsp3) is 0.471. The van der Waals surface area contributed by atoms with E-state index >= 15 is 0 Å². The molecule has 0 amide bonds. The van der Waals surface area contributed by atoms with Crippen molar-refractivity contribution in [3.8, 4) is 0 Å². The quantitative estimate of drug-likeness (QED) is 0.209. The van der Waals surface area contributed by atoms with E-state index in [0.29, 0.717) is 17.9 Å². The van der Waals surface area contributed by atoms with Gasteiger partial charge in [0.2, 0.25) is 0 Å². The van der Waals surface area contributed by atoms with Gasteiger partial charge in [0.25, 0.3) is 0 Å². The predicted octanol–water partition coefficient (Wildman–Crippen LogP) is 1.17. The Morgan fingerprint density at radius 2 is 2.36 bits per heavy atom. The monoisotopic (exact) mass is 542 g/mol. The Kier molecular flexibility index (Phi) is 7.79. The summed E-state index contributed by atoms with van der Waals surface area (Å²) in [4.78, 5) is 6.33. The fourth-order valence-corrected chi connectivity index (χ4v) is 3.16. The van der Waals surface area contributed by atoms with Crippen LogP contribution in [0.4, 0.5) is 4.39 Å². The van der Waals surface area contributed by atoms with Crippen LogP contribution in [0, 0.1) is 0 Å². The van der Waals surface area contributed by atoms with Crippen LogP contribution in [0.5, 0.6) is 0 Å². The van der Waals surface area contributed by atoms with E-state index in [-0.39, 0.29) is 12.0 Å². The van der Waals surface area contributed by atoms with Crippen molar-refractivity contribution < 1.29 is 9.13 Å². The zero-order valence-electron chi connectivity index (χ0n) is 14.9. The molecule has 1 atom stereocenters. The Labute approximate surface area is 164 Å². The maximum atomic E-state index is 14.5. The molecule has 0 aromatic rings. The third-order valence-electron chi connectivity index (χ3n) is 3.94. The molecule has 0 aromatic carbocycles. The third kappa shape index (κ3) is 5.47. The molecule has 0 aromatic heterocycles. The van der Waals surface area contributed by atoms with Gasteiger partial charge in [0, 0.05) is 0 Å². The molecule has 2 heterocycles. The first-order chi connectivity index (χ1) is 12.0. The Bertz CT molecular complexity index is 641. The van der Waals surface area contributed by atoms with E-state index < -0.39 is 0 Å². The normalized spacial score (nSPS) is 21.2. The molecule has 0 saturated carbocycles. The van der Waals surface area contributed by atoms with Crippen LogP contribution in [0.2, 0.25) is 0 Å². The maximum absolute atomic E-state index is 14.5. The van der Waals surface area contributed by atoms with E-state index in [4.69, 9.17) is 10.5 Å². The standard InChI is InChI=1S/C17H25FN5O.Pb/c1-12(16(10-20-2)24-7-5-6-22(3)4)14-8-13-9-17(19)21-23(13)11-15(14)18;/h8-11,17,21H,3,5-7,19H2,1-2,4H3;/b16-12-,20-10?;. The SMILES string of the molecule is CN=C/C(OCCCN(C)[CH2][Pb])=C(\C)C1=CC2=CC(N)NN2C=C1F. The number of hydrazine groups is 1. The average Bonchev–Trinajstić information content (AvgIpc) is 2.94. The van der Waals surface area contributed by atoms with Gasteiger partial charge in [-0.3, -0.25) is 0 Å². The Balaban J connectivity index is 2.14. The average molecular weight is 542 g/mol. The van der Waals surface area contributed by atoms with Crippen molar-refractivity contribution in [1.82, 2.24) is 15.3 Å². The summed E-state index contributed by atoms with van der Waals surface area (Å²) in [7, 11) is 3.78. The molecule has 0 spiro atoms. The summed E-state index contributed by atoms with van der Waals surface area (Å²) in [6.45, 7) is 3.41. The van der Waals surface area contributed by atoms with E-state index in [1.165, 1.54) is 6.20 Å². The molecule has 2 aliphatic heterocycles. The van der Waals surface area contributed by atoms with Crippen molar-refractivity contribution in [2.24, 2.45) is 10.7 Å². The zero-order chi connectivity index (χ0) is 18.4. The molecule has 135 valence electrons. The van der Waals surface area contributed by atoms with Gasteiger partial charge in [-0.25, -0.2) is 5.43 Å². The number of nitrogens with one attached hydrogen (secondary N) is 1. The number of nitrogens with zero attached hydrogens (tertiary/aromatic N) is 3. The number of allylic oxidation sites excluding steroid dienone is 5. The van der Waals surface area contributed by atoms with Crippen LogP contribution in [0.1, 0.15) is 13.3 Å². The zero-order valence-corrected chi connectivity index (χ0v) is 18.8. The predicted molar refractivity (Wildman–Crippen MR) is 99.2 cm³/mol. The summed E-state index contributed by atoms with van der Waals surface area (Å²) >= 11 is 1.16. The van der Waals surface area contributed by atoms with E-state index in [0.717, 1.165) is 54.1 Å². The molecular formula is C17H25FN5OPb. The third-order valence-corrected chi connectivity index (χ3v) is 6.04. The van der Waals surface area contributed by atoms with E-state index in [1.54, 1.807) is 24.3 Å². The molecule has 25 heavy (non-hydrogen) atoms. The number of ether oxygens (including phenoxy) is 1. The van der Waals surface area contributed by atoms with Gasteiger partial charge in [-0.2, -0.15) is 0 Å². The van der Waals surface area contributed by atoms with Crippen molar-refractivity contribution in [3.05, 3.63) is 46.8 Å². The molecule has 2 aliphatic rings. The Morgan fingerprint density at radius 1 is 1.60 bits per heavy atom. The molecule has 3 radical (unpaired) electrons. The van der Waals surface area contributed by atoms with Gasteiger partial charge in [0.05, 0.1) is 6.17 Å². The summed E-state index contributed by atoms with van der Waals surface area (Å²) < 4.78 is 21.5. The summed E-state index contributed by atoms with van der Waals surface area (Å²) in [5, 5.41) is 1.59.